The van der Waals surface area contributed by atoms with Crippen LogP contribution in [0.1, 0.15) is 25.0 Å². The SMILES string of the molecule is NC(=O)C1(c2cc(N3CCOCC3)nc(-c3ccc(NC(=O)NCCO)cc3)n2)CC1C1CC1. The molecule has 1 aromatic heterocycles. The van der Waals surface area contributed by atoms with Crippen molar-refractivity contribution in [3.05, 3.63) is 36.0 Å². The van der Waals surface area contributed by atoms with Gasteiger partial charge in [-0.3, -0.25) is 4.79 Å². The lowest BCUT2D eigenvalue weighted by Crippen LogP contribution is -2.37. The minimum Gasteiger partial charge on any atom is -0.395 e. The number of aliphatic hydroxyl groups excluding tert-OH is 1. The van der Waals surface area contributed by atoms with Crippen LogP contribution < -0.4 is 21.3 Å². The molecule has 5 N–H and O–H groups in total. The molecule has 1 aromatic carbocycles. The van der Waals surface area contributed by atoms with E-state index < -0.39 is 11.4 Å². The number of carbonyl (C=O) groups is 2. The lowest BCUT2D eigenvalue weighted by Gasteiger charge is -2.29. The summed E-state index contributed by atoms with van der Waals surface area (Å²) in [6.45, 7) is 2.74. The summed E-state index contributed by atoms with van der Waals surface area (Å²) in [6, 6.07) is 8.76. The maximum absolute atomic E-state index is 12.7. The van der Waals surface area contributed by atoms with Crippen molar-refractivity contribution >= 4 is 23.4 Å². The average molecular weight is 467 g/mol. The molecule has 0 bridgehead atoms. The zero-order chi connectivity index (χ0) is 23.7. The maximum Gasteiger partial charge on any atom is 0.319 e. The number of rotatable bonds is 8. The topological polar surface area (TPSA) is 143 Å². The molecule has 1 saturated heterocycles. The van der Waals surface area contributed by atoms with Crippen LogP contribution in [0.25, 0.3) is 11.4 Å². The molecule has 3 fully saturated rings. The summed E-state index contributed by atoms with van der Waals surface area (Å²) in [4.78, 5) is 36.3. The fraction of sp³-hybridized carbons (Fsp3) is 0.500. The smallest absolute Gasteiger partial charge is 0.319 e. The first kappa shape index (κ1) is 22.5. The molecule has 1 aliphatic heterocycles. The normalized spacial score (nSPS) is 23.9. The van der Waals surface area contributed by atoms with E-state index in [1.54, 1.807) is 12.1 Å². The van der Waals surface area contributed by atoms with Gasteiger partial charge in [-0.15, -0.1) is 0 Å². The van der Waals surface area contributed by atoms with E-state index in [9.17, 15) is 9.59 Å². The fourth-order valence-electron chi connectivity index (χ4n) is 4.85. The molecule has 2 aromatic rings. The van der Waals surface area contributed by atoms with E-state index >= 15 is 0 Å². The predicted molar refractivity (Wildman–Crippen MR) is 126 cm³/mol. The zero-order valence-electron chi connectivity index (χ0n) is 19.0. The number of aromatic nitrogens is 2. The van der Waals surface area contributed by atoms with Gasteiger partial charge in [-0.2, -0.15) is 0 Å². The number of primary amides is 1. The Bertz CT molecular complexity index is 1070. The molecule has 2 heterocycles. The van der Waals surface area contributed by atoms with Crippen molar-refractivity contribution in [1.29, 1.82) is 0 Å². The van der Waals surface area contributed by atoms with Crippen molar-refractivity contribution in [3.63, 3.8) is 0 Å². The van der Waals surface area contributed by atoms with Crippen LogP contribution in [-0.2, 0) is 14.9 Å². The minimum atomic E-state index is -0.716. The van der Waals surface area contributed by atoms with Gasteiger partial charge in [-0.1, -0.05) is 0 Å². The third kappa shape index (κ3) is 4.43. The zero-order valence-corrected chi connectivity index (χ0v) is 19.0. The first-order valence-corrected chi connectivity index (χ1v) is 11.8. The molecular weight excluding hydrogens is 436 g/mol. The summed E-state index contributed by atoms with van der Waals surface area (Å²) in [5.41, 5.74) is 7.31. The van der Waals surface area contributed by atoms with Gasteiger partial charge in [0.15, 0.2) is 5.82 Å². The van der Waals surface area contributed by atoms with Gasteiger partial charge < -0.3 is 31.1 Å². The Morgan fingerprint density at radius 1 is 1.18 bits per heavy atom. The van der Waals surface area contributed by atoms with Crippen LogP contribution in [0.15, 0.2) is 30.3 Å². The van der Waals surface area contributed by atoms with E-state index in [2.05, 4.69) is 15.5 Å². The number of nitrogens with zero attached hydrogens (tertiary/aromatic N) is 3. The number of ether oxygens (including phenoxy) is 1. The van der Waals surface area contributed by atoms with Crippen molar-refractivity contribution in [3.8, 4) is 11.4 Å². The summed E-state index contributed by atoms with van der Waals surface area (Å²) in [6.07, 6.45) is 3.04. The van der Waals surface area contributed by atoms with Crippen LogP contribution in [0.3, 0.4) is 0 Å². The molecule has 2 unspecified atom stereocenters. The molecule has 2 saturated carbocycles. The Kier molecular flexibility index (Phi) is 6.09. The number of urea groups is 1. The van der Waals surface area contributed by atoms with Crippen molar-refractivity contribution in [2.45, 2.75) is 24.7 Å². The molecule has 3 aliphatic rings. The van der Waals surface area contributed by atoms with Gasteiger partial charge in [-0.25, -0.2) is 14.8 Å². The molecule has 10 heteroatoms. The van der Waals surface area contributed by atoms with E-state index in [1.165, 1.54) is 0 Å². The van der Waals surface area contributed by atoms with Crippen LogP contribution in [0.2, 0.25) is 0 Å². The van der Waals surface area contributed by atoms with Crippen LogP contribution in [0.4, 0.5) is 16.3 Å². The lowest BCUT2D eigenvalue weighted by atomic mass is 9.95. The number of hydrogen-bond donors (Lipinski definition) is 4. The van der Waals surface area contributed by atoms with E-state index in [0.717, 1.165) is 43.7 Å². The summed E-state index contributed by atoms with van der Waals surface area (Å²) in [7, 11) is 0. The number of anilines is 2. The van der Waals surface area contributed by atoms with Gasteiger partial charge in [0, 0.05) is 37.0 Å². The Balaban J connectivity index is 1.46. The Labute approximate surface area is 197 Å². The predicted octanol–water partition coefficient (Wildman–Crippen LogP) is 1.25. The number of nitrogens with two attached hydrogens (primary N) is 1. The number of morpholine rings is 1. The number of nitrogens with one attached hydrogen (secondary N) is 2. The van der Waals surface area contributed by atoms with Crippen LogP contribution in [0.5, 0.6) is 0 Å². The summed E-state index contributed by atoms with van der Waals surface area (Å²) in [5, 5.41) is 14.1. The molecule has 180 valence electrons. The largest absolute Gasteiger partial charge is 0.395 e. The van der Waals surface area contributed by atoms with E-state index in [1.807, 2.05) is 18.2 Å². The van der Waals surface area contributed by atoms with Crippen LogP contribution in [-0.4, -0.2) is 66.5 Å². The highest BCUT2D eigenvalue weighted by atomic mass is 16.5. The highest BCUT2D eigenvalue weighted by Gasteiger charge is 2.65. The van der Waals surface area contributed by atoms with Gasteiger partial charge in [0.1, 0.15) is 5.82 Å². The number of benzene rings is 1. The van der Waals surface area contributed by atoms with Crippen molar-refractivity contribution < 1.29 is 19.4 Å². The van der Waals surface area contributed by atoms with Crippen LogP contribution in [0, 0.1) is 11.8 Å². The number of carbonyl (C=O) groups excluding carboxylic acids is 2. The molecule has 5 rings (SSSR count). The lowest BCUT2D eigenvalue weighted by molar-refractivity contribution is -0.121. The second-order valence-electron chi connectivity index (χ2n) is 9.20. The molecule has 2 aliphatic carbocycles. The summed E-state index contributed by atoms with van der Waals surface area (Å²) < 4.78 is 5.50. The van der Waals surface area contributed by atoms with Crippen molar-refractivity contribution in [2.75, 3.05) is 49.7 Å². The third-order valence-electron chi connectivity index (χ3n) is 6.95. The van der Waals surface area contributed by atoms with Gasteiger partial charge >= 0.3 is 6.03 Å². The number of amides is 3. The molecule has 34 heavy (non-hydrogen) atoms. The van der Waals surface area contributed by atoms with E-state index in [-0.39, 0.29) is 25.0 Å². The monoisotopic (exact) mass is 466 g/mol. The first-order chi connectivity index (χ1) is 16.5. The molecule has 0 radical (unpaired) electrons. The molecular formula is C24H30N6O4. The van der Waals surface area contributed by atoms with Gasteiger partial charge in [0.05, 0.1) is 30.9 Å². The van der Waals surface area contributed by atoms with Gasteiger partial charge in [0.25, 0.3) is 0 Å². The van der Waals surface area contributed by atoms with Gasteiger partial charge in [0.2, 0.25) is 5.91 Å². The highest BCUT2D eigenvalue weighted by molar-refractivity contribution is 5.91. The van der Waals surface area contributed by atoms with Gasteiger partial charge in [-0.05, 0) is 55.4 Å². The van der Waals surface area contributed by atoms with Crippen molar-refractivity contribution in [2.24, 2.45) is 17.6 Å². The highest BCUT2D eigenvalue weighted by Crippen LogP contribution is 2.63. The summed E-state index contributed by atoms with van der Waals surface area (Å²) >= 11 is 0. The van der Waals surface area contributed by atoms with E-state index in [0.29, 0.717) is 36.3 Å². The number of aliphatic hydroxyl groups is 1. The number of hydrogen-bond acceptors (Lipinski definition) is 7. The Morgan fingerprint density at radius 3 is 2.56 bits per heavy atom. The Hall–Kier alpha value is -3.24. The first-order valence-electron chi connectivity index (χ1n) is 11.8. The summed E-state index contributed by atoms with van der Waals surface area (Å²) in [5.74, 6) is 1.80. The fourth-order valence-corrected chi connectivity index (χ4v) is 4.85. The van der Waals surface area contributed by atoms with Crippen molar-refractivity contribution in [1.82, 2.24) is 15.3 Å². The quantitative estimate of drug-likeness (QED) is 0.458. The average Bonchev–Trinajstić information content (AvgIpc) is 3.76. The minimum absolute atomic E-state index is 0.125. The van der Waals surface area contributed by atoms with E-state index in [4.69, 9.17) is 25.5 Å². The molecule has 0 spiro atoms. The second kappa shape index (κ2) is 9.19. The second-order valence-corrected chi connectivity index (χ2v) is 9.20. The van der Waals surface area contributed by atoms with Crippen LogP contribution >= 0.6 is 0 Å². The maximum atomic E-state index is 12.7. The molecule has 3 amide bonds. The molecule has 2 atom stereocenters. The third-order valence-corrected chi connectivity index (χ3v) is 6.95. The standard InChI is InChI=1S/C24H30N6O4/c25-22(32)24(14-18(24)15-1-2-15)19-13-20(30-8-11-34-12-9-30)29-21(28-19)16-3-5-17(6-4-16)27-23(33)26-7-10-31/h3-6,13,15,18,31H,1-2,7-12,14H2,(H2,25,32)(H2,26,27,33). The molecule has 10 nitrogen and oxygen atoms in total. The Morgan fingerprint density at radius 2 is 1.91 bits per heavy atom.